The van der Waals surface area contributed by atoms with Crippen molar-refractivity contribution in [2.45, 2.75) is 11.8 Å². The van der Waals surface area contributed by atoms with Gasteiger partial charge in [0.15, 0.2) is 4.90 Å². The topological polar surface area (TPSA) is 61.2 Å². The Balaban J connectivity index is 3.23. The summed E-state index contributed by atoms with van der Waals surface area (Å²) in [5.41, 5.74) is 0. The molecule has 0 spiro atoms. The minimum Gasteiger partial charge on any atom is -0.477 e. The van der Waals surface area contributed by atoms with Crippen LogP contribution in [0.4, 0.5) is 0 Å². The van der Waals surface area contributed by atoms with E-state index >= 15 is 0 Å². The molecule has 0 unspecified atom stereocenters. The highest BCUT2D eigenvalue weighted by atomic mass is 35.7. The zero-order chi connectivity index (χ0) is 10.1. The average Bonchev–Trinajstić information content (AvgIpc) is 2.32. The van der Waals surface area contributed by atoms with Crippen molar-refractivity contribution >= 4 is 19.7 Å². The third kappa shape index (κ3) is 2.13. The lowest BCUT2D eigenvalue weighted by Crippen LogP contribution is -2.02. The summed E-state index contributed by atoms with van der Waals surface area (Å²) in [5.74, 6) is 0.164. The van der Waals surface area contributed by atoms with E-state index in [9.17, 15) is 8.42 Å². The van der Waals surface area contributed by atoms with Crippen LogP contribution in [0, 0.1) is 0 Å². The quantitative estimate of drug-likeness (QED) is 0.711. The predicted molar refractivity (Wildman–Crippen MR) is 47.4 cm³/mol. The van der Waals surface area contributed by atoms with Crippen LogP contribution in [-0.2, 0) is 16.1 Å². The fraction of sp³-hybridized carbons (Fsp3) is 0.500. The molecular weight excluding hydrogens is 216 g/mol. The Hall–Kier alpha value is -0.750. The molecule has 74 valence electrons. The predicted octanol–water partition coefficient (Wildman–Crippen LogP) is 0.746. The summed E-state index contributed by atoms with van der Waals surface area (Å²) in [6.07, 6.45) is 1.16. The molecule has 1 aromatic rings. The van der Waals surface area contributed by atoms with Gasteiger partial charge in [0.1, 0.15) is 0 Å². The van der Waals surface area contributed by atoms with E-state index in [4.69, 9.17) is 15.4 Å². The normalized spacial score (nSPS) is 11.6. The molecule has 0 saturated carbocycles. The molecule has 0 atom stereocenters. The summed E-state index contributed by atoms with van der Waals surface area (Å²) >= 11 is 0. The third-order valence-electron chi connectivity index (χ3n) is 1.40. The zero-order valence-electron chi connectivity index (χ0n) is 7.19. The summed E-state index contributed by atoms with van der Waals surface area (Å²) in [4.78, 5) is -0.0986. The second-order valence-electron chi connectivity index (χ2n) is 2.31. The van der Waals surface area contributed by atoms with Crippen molar-refractivity contribution in [3.8, 4) is 5.88 Å². The summed E-state index contributed by atoms with van der Waals surface area (Å²) in [6, 6.07) is 0. The second kappa shape index (κ2) is 3.55. The van der Waals surface area contributed by atoms with Gasteiger partial charge in [0.05, 0.1) is 12.8 Å². The first-order valence-electron chi connectivity index (χ1n) is 3.56. The van der Waals surface area contributed by atoms with Crippen LogP contribution in [0.15, 0.2) is 11.1 Å². The summed E-state index contributed by atoms with van der Waals surface area (Å²) in [5, 5.41) is 3.73. The lowest BCUT2D eigenvalue weighted by atomic mass is 10.7. The van der Waals surface area contributed by atoms with Gasteiger partial charge in [-0.15, -0.1) is 0 Å². The molecule has 0 aliphatic rings. The van der Waals surface area contributed by atoms with E-state index in [-0.39, 0.29) is 10.8 Å². The monoisotopic (exact) mass is 224 g/mol. The maximum absolute atomic E-state index is 11.0. The maximum Gasteiger partial charge on any atom is 0.268 e. The Morgan fingerprint density at radius 3 is 2.77 bits per heavy atom. The van der Waals surface area contributed by atoms with Crippen molar-refractivity contribution in [1.29, 1.82) is 0 Å². The molecule has 0 bridgehead atoms. The van der Waals surface area contributed by atoms with Gasteiger partial charge in [0.2, 0.25) is 5.88 Å². The fourth-order valence-corrected chi connectivity index (χ4v) is 1.76. The number of rotatable bonds is 3. The average molecular weight is 225 g/mol. The molecule has 7 heteroatoms. The van der Waals surface area contributed by atoms with Gasteiger partial charge in [-0.1, -0.05) is 0 Å². The van der Waals surface area contributed by atoms with Crippen molar-refractivity contribution in [2.24, 2.45) is 7.05 Å². The standard InChI is InChI=1S/C6H9ClN2O3S/c1-3-12-6-5(13(7,10)11)4-8-9(6)2/h4H,3H2,1-2H3. The number of aryl methyl sites for hydroxylation is 1. The largest absolute Gasteiger partial charge is 0.477 e. The van der Waals surface area contributed by atoms with E-state index in [1.807, 2.05) is 0 Å². The molecular formula is C6H9ClN2O3S. The first-order chi connectivity index (χ1) is 5.96. The van der Waals surface area contributed by atoms with E-state index in [1.54, 1.807) is 14.0 Å². The lowest BCUT2D eigenvalue weighted by molar-refractivity contribution is 0.301. The fourth-order valence-electron chi connectivity index (χ4n) is 0.875. The molecule has 0 fully saturated rings. The van der Waals surface area contributed by atoms with Crippen molar-refractivity contribution in [3.05, 3.63) is 6.20 Å². The smallest absolute Gasteiger partial charge is 0.268 e. The van der Waals surface area contributed by atoms with E-state index < -0.39 is 9.05 Å². The lowest BCUT2D eigenvalue weighted by Gasteiger charge is -2.03. The van der Waals surface area contributed by atoms with Gasteiger partial charge in [0.25, 0.3) is 9.05 Å². The highest BCUT2D eigenvalue weighted by molar-refractivity contribution is 8.13. The van der Waals surface area contributed by atoms with Gasteiger partial charge in [-0.2, -0.15) is 5.10 Å². The van der Waals surface area contributed by atoms with E-state index in [0.29, 0.717) is 6.61 Å². The van der Waals surface area contributed by atoms with Crippen LogP contribution in [0.5, 0.6) is 5.88 Å². The first kappa shape index (κ1) is 10.3. The summed E-state index contributed by atoms with van der Waals surface area (Å²) in [7, 11) is 2.96. The van der Waals surface area contributed by atoms with Crippen molar-refractivity contribution in [1.82, 2.24) is 9.78 Å². The van der Waals surface area contributed by atoms with Gasteiger partial charge < -0.3 is 4.74 Å². The first-order valence-corrected chi connectivity index (χ1v) is 5.87. The van der Waals surface area contributed by atoms with Gasteiger partial charge >= 0.3 is 0 Å². The number of hydrogen-bond acceptors (Lipinski definition) is 4. The molecule has 0 aliphatic heterocycles. The summed E-state index contributed by atoms with van der Waals surface area (Å²) in [6.45, 7) is 2.11. The molecule has 1 aromatic heterocycles. The van der Waals surface area contributed by atoms with Crippen LogP contribution in [0.2, 0.25) is 0 Å². The zero-order valence-corrected chi connectivity index (χ0v) is 8.76. The van der Waals surface area contributed by atoms with Crippen LogP contribution in [-0.4, -0.2) is 24.8 Å². The van der Waals surface area contributed by atoms with Gasteiger partial charge in [-0.3, -0.25) is 0 Å². The highest BCUT2D eigenvalue weighted by Gasteiger charge is 2.20. The second-order valence-corrected chi connectivity index (χ2v) is 4.84. The summed E-state index contributed by atoms with van der Waals surface area (Å²) < 4.78 is 28.3. The van der Waals surface area contributed by atoms with Crippen LogP contribution in [0.25, 0.3) is 0 Å². The molecule has 0 aliphatic carbocycles. The van der Waals surface area contributed by atoms with Gasteiger partial charge in [0, 0.05) is 17.7 Å². The minimum atomic E-state index is -3.77. The Bertz CT molecular complexity index is 398. The Morgan fingerprint density at radius 1 is 1.69 bits per heavy atom. The number of nitrogens with zero attached hydrogens (tertiary/aromatic N) is 2. The molecule has 0 saturated heterocycles. The third-order valence-corrected chi connectivity index (χ3v) is 2.70. The molecule has 0 radical (unpaired) electrons. The van der Waals surface area contributed by atoms with Gasteiger partial charge in [-0.25, -0.2) is 13.1 Å². The number of hydrogen-bond donors (Lipinski definition) is 0. The minimum absolute atomic E-state index is 0.0986. The highest BCUT2D eigenvalue weighted by Crippen LogP contribution is 2.25. The van der Waals surface area contributed by atoms with Crippen LogP contribution >= 0.6 is 10.7 Å². The Labute approximate surface area is 80.7 Å². The van der Waals surface area contributed by atoms with Crippen molar-refractivity contribution in [2.75, 3.05) is 6.61 Å². The van der Waals surface area contributed by atoms with Crippen LogP contribution < -0.4 is 4.74 Å². The number of aromatic nitrogens is 2. The molecule has 0 N–H and O–H groups in total. The van der Waals surface area contributed by atoms with E-state index in [0.717, 1.165) is 6.20 Å². The van der Waals surface area contributed by atoms with E-state index in [1.165, 1.54) is 4.68 Å². The maximum atomic E-state index is 11.0. The molecule has 13 heavy (non-hydrogen) atoms. The Morgan fingerprint density at radius 2 is 2.31 bits per heavy atom. The number of halogens is 1. The Kier molecular flexibility index (Phi) is 2.82. The molecule has 0 aromatic carbocycles. The van der Waals surface area contributed by atoms with E-state index in [2.05, 4.69) is 5.10 Å². The SMILES string of the molecule is CCOc1c(S(=O)(=O)Cl)cnn1C. The molecule has 1 rings (SSSR count). The number of ether oxygens (including phenoxy) is 1. The van der Waals surface area contributed by atoms with Crippen molar-refractivity contribution < 1.29 is 13.2 Å². The van der Waals surface area contributed by atoms with Crippen LogP contribution in [0.3, 0.4) is 0 Å². The molecule has 5 nitrogen and oxygen atoms in total. The van der Waals surface area contributed by atoms with Gasteiger partial charge in [-0.05, 0) is 6.92 Å². The van der Waals surface area contributed by atoms with Crippen LogP contribution in [0.1, 0.15) is 6.92 Å². The molecule has 1 heterocycles. The molecule has 0 amide bonds. The van der Waals surface area contributed by atoms with Crippen molar-refractivity contribution in [3.63, 3.8) is 0 Å².